The van der Waals surface area contributed by atoms with Gasteiger partial charge in [0.25, 0.3) is 0 Å². The highest BCUT2D eigenvalue weighted by molar-refractivity contribution is 5.24. The zero-order chi connectivity index (χ0) is 8.23. The highest BCUT2D eigenvalue weighted by atomic mass is 16.6. The van der Waals surface area contributed by atoms with Crippen molar-refractivity contribution in [3.63, 3.8) is 0 Å². The maximum Gasteiger partial charge on any atom is 0.310 e. The van der Waals surface area contributed by atoms with E-state index in [4.69, 9.17) is 9.15 Å². The number of hydrogen-bond donors (Lipinski definition) is 0. The number of benzene rings is 1. The van der Waals surface area contributed by atoms with E-state index in [1.165, 1.54) is 12.6 Å². The van der Waals surface area contributed by atoms with E-state index in [9.17, 15) is 0 Å². The first-order valence-electron chi connectivity index (χ1n) is 3.56. The maximum atomic E-state index is 5.29. The van der Waals surface area contributed by atoms with Crippen LogP contribution in [0, 0.1) is 0 Å². The molecule has 2 aromatic rings. The third-order valence-corrected chi connectivity index (χ3v) is 1.37. The second-order valence-corrected chi connectivity index (χ2v) is 2.24. The van der Waals surface area contributed by atoms with Crippen molar-refractivity contribution in [2.75, 3.05) is 0 Å². The zero-order valence-corrected chi connectivity index (χ0v) is 6.31. The van der Waals surface area contributed by atoms with Gasteiger partial charge in [0.15, 0.2) is 6.39 Å². The van der Waals surface area contributed by atoms with Crippen LogP contribution in [0.15, 0.2) is 47.3 Å². The standard InChI is InChI=1S/C9H7NO2/c1-2-4-8(5-3-1)12-9-6-10-7-11-9/h1-7H. The van der Waals surface area contributed by atoms with E-state index in [1.807, 2.05) is 30.3 Å². The molecule has 0 bridgehead atoms. The number of rotatable bonds is 2. The highest BCUT2D eigenvalue weighted by Gasteiger charge is 1.97. The summed E-state index contributed by atoms with van der Waals surface area (Å²) < 4.78 is 10.2. The molecule has 60 valence electrons. The average Bonchev–Trinajstić information content (AvgIpc) is 2.59. The average molecular weight is 161 g/mol. The Hall–Kier alpha value is -1.77. The summed E-state index contributed by atoms with van der Waals surface area (Å²) in [6.45, 7) is 0. The third-order valence-electron chi connectivity index (χ3n) is 1.37. The Kier molecular flexibility index (Phi) is 1.78. The van der Waals surface area contributed by atoms with Gasteiger partial charge >= 0.3 is 5.95 Å². The Balaban J connectivity index is 2.15. The molecule has 0 radical (unpaired) electrons. The molecule has 3 nitrogen and oxygen atoms in total. The molecular formula is C9H7NO2. The van der Waals surface area contributed by atoms with E-state index in [0.29, 0.717) is 5.95 Å². The molecule has 1 aromatic heterocycles. The Bertz CT molecular complexity index is 329. The second kappa shape index (κ2) is 3.09. The van der Waals surface area contributed by atoms with Crippen LogP contribution in [-0.4, -0.2) is 4.98 Å². The highest BCUT2D eigenvalue weighted by Crippen LogP contribution is 2.19. The monoisotopic (exact) mass is 161 g/mol. The van der Waals surface area contributed by atoms with Gasteiger partial charge in [-0.3, -0.25) is 0 Å². The van der Waals surface area contributed by atoms with Crippen LogP contribution in [0.5, 0.6) is 11.7 Å². The second-order valence-electron chi connectivity index (χ2n) is 2.24. The molecule has 3 heteroatoms. The molecule has 0 atom stereocenters. The Morgan fingerprint density at radius 3 is 2.67 bits per heavy atom. The molecule has 1 heterocycles. The minimum Gasteiger partial charge on any atom is -0.425 e. The summed E-state index contributed by atoms with van der Waals surface area (Å²) in [5, 5.41) is 0. The minimum absolute atomic E-state index is 0.404. The number of nitrogens with zero attached hydrogens (tertiary/aromatic N) is 1. The van der Waals surface area contributed by atoms with Crippen molar-refractivity contribution < 1.29 is 9.15 Å². The Morgan fingerprint density at radius 2 is 2.00 bits per heavy atom. The molecule has 0 N–H and O–H groups in total. The predicted molar refractivity (Wildman–Crippen MR) is 43.0 cm³/mol. The van der Waals surface area contributed by atoms with Gasteiger partial charge in [-0.05, 0) is 12.1 Å². The normalized spacial score (nSPS) is 9.67. The fourth-order valence-corrected chi connectivity index (χ4v) is 0.859. The fourth-order valence-electron chi connectivity index (χ4n) is 0.859. The van der Waals surface area contributed by atoms with Gasteiger partial charge in [0.1, 0.15) is 11.9 Å². The number of oxazole rings is 1. The molecule has 12 heavy (non-hydrogen) atoms. The molecule has 1 aromatic carbocycles. The lowest BCUT2D eigenvalue weighted by molar-refractivity contribution is 0.346. The van der Waals surface area contributed by atoms with Gasteiger partial charge in [0.2, 0.25) is 0 Å². The van der Waals surface area contributed by atoms with Gasteiger partial charge in [-0.15, -0.1) is 0 Å². The number of aromatic nitrogens is 1. The number of ether oxygens (including phenoxy) is 1. The zero-order valence-electron chi connectivity index (χ0n) is 6.31. The molecule has 0 fully saturated rings. The van der Waals surface area contributed by atoms with Crippen LogP contribution in [0.1, 0.15) is 0 Å². The molecule has 0 saturated heterocycles. The van der Waals surface area contributed by atoms with Crippen LogP contribution in [0.3, 0.4) is 0 Å². The molecule has 0 saturated carbocycles. The van der Waals surface area contributed by atoms with Crippen LogP contribution >= 0.6 is 0 Å². The van der Waals surface area contributed by atoms with Gasteiger partial charge in [0, 0.05) is 0 Å². The van der Waals surface area contributed by atoms with E-state index in [-0.39, 0.29) is 0 Å². The lowest BCUT2D eigenvalue weighted by Crippen LogP contribution is -1.79. The summed E-state index contributed by atoms with van der Waals surface area (Å²) in [6.07, 6.45) is 2.85. The Labute approximate surface area is 69.6 Å². The van der Waals surface area contributed by atoms with Crippen LogP contribution in [0.4, 0.5) is 0 Å². The number of hydrogen-bond acceptors (Lipinski definition) is 3. The van der Waals surface area contributed by atoms with E-state index >= 15 is 0 Å². The first-order chi connectivity index (χ1) is 5.95. The van der Waals surface area contributed by atoms with Gasteiger partial charge in [-0.25, -0.2) is 4.98 Å². The quantitative estimate of drug-likeness (QED) is 0.678. The predicted octanol–water partition coefficient (Wildman–Crippen LogP) is 2.47. The van der Waals surface area contributed by atoms with Crippen molar-refractivity contribution in [2.24, 2.45) is 0 Å². The molecule has 0 spiro atoms. The maximum absolute atomic E-state index is 5.29. The van der Waals surface area contributed by atoms with Crippen molar-refractivity contribution in [2.45, 2.75) is 0 Å². The minimum atomic E-state index is 0.404. The molecule has 0 aliphatic rings. The van der Waals surface area contributed by atoms with E-state index in [2.05, 4.69) is 4.98 Å². The van der Waals surface area contributed by atoms with Gasteiger partial charge in [0.05, 0.1) is 0 Å². The van der Waals surface area contributed by atoms with Crippen molar-refractivity contribution in [3.8, 4) is 11.7 Å². The van der Waals surface area contributed by atoms with Crippen molar-refractivity contribution >= 4 is 0 Å². The van der Waals surface area contributed by atoms with Crippen molar-refractivity contribution in [1.82, 2.24) is 4.98 Å². The van der Waals surface area contributed by atoms with Crippen LogP contribution in [0.25, 0.3) is 0 Å². The summed E-state index contributed by atoms with van der Waals surface area (Å²) in [7, 11) is 0. The smallest absolute Gasteiger partial charge is 0.310 e. The van der Waals surface area contributed by atoms with Crippen molar-refractivity contribution in [1.29, 1.82) is 0 Å². The van der Waals surface area contributed by atoms with Crippen LogP contribution in [0.2, 0.25) is 0 Å². The third kappa shape index (κ3) is 1.45. The summed E-state index contributed by atoms with van der Waals surface area (Å²) in [5.74, 6) is 1.15. The number of para-hydroxylation sites is 1. The summed E-state index contributed by atoms with van der Waals surface area (Å²) >= 11 is 0. The van der Waals surface area contributed by atoms with Crippen LogP contribution in [-0.2, 0) is 0 Å². The molecule has 0 unspecified atom stereocenters. The summed E-state index contributed by atoms with van der Waals surface area (Å²) in [4.78, 5) is 3.73. The van der Waals surface area contributed by atoms with Gasteiger partial charge < -0.3 is 9.15 Å². The molecule has 0 aliphatic heterocycles. The molecule has 0 aliphatic carbocycles. The lowest BCUT2D eigenvalue weighted by atomic mass is 10.3. The first kappa shape index (κ1) is 6.91. The largest absolute Gasteiger partial charge is 0.425 e. The lowest BCUT2D eigenvalue weighted by Gasteiger charge is -1.98. The fraction of sp³-hybridized carbons (Fsp3) is 0. The van der Waals surface area contributed by atoms with E-state index in [1.54, 1.807) is 0 Å². The van der Waals surface area contributed by atoms with Crippen molar-refractivity contribution in [3.05, 3.63) is 42.9 Å². The van der Waals surface area contributed by atoms with E-state index in [0.717, 1.165) is 5.75 Å². The molecule has 0 amide bonds. The molecule has 2 rings (SSSR count). The van der Waals surface area contributed by atoms with Gasteiger partial charge in [-0.1, -0.05) is 18.2 Å². The molecular weight excluding hydrogens is 154 g/mol. The SMILES string of the molecule is c1ccc(Oc2cnco2)cc1. The topological polar surface area (TPSA) is 35.3 Å². The summed E-state index contributed by atoms with van der Waals surface area (Å²) in [6, 6.07) is 9.41. The van der Waals surface area contributed by atoms with E-state index < -0.39 is 0 Å². The first-order valence-corrected chi connectivity index (χ1v) is 3.56. The Morgan fingerprint density at radius 1 is 1.17 bits per heavy atom. The van der Waals surface area contributed by atoms with Gasteiger partial charge in [-0.2, -0.15) is 0 Å². The summed E-state index contributed by atoms with van der Waals surface area (Å²) in [5.41, 5.74) is 0. The van der Waals surface area contributed by atoms with Crippen LogP contribution < -0.4 is 4.74 Å².